The van der Waals surface area contributed by atoms with E-state index in [4.69, 9.17) is 5.41 Å². The number of para-hydroxylation sites is 2. The Morgan fingerprint density at radius 3 is 2.52 bits per heavy atom. The van der Waals surface area contributed by atoms with Crippen molar-refractivity contribution in [3.8, 4) is 5.69 Å². The van der Waals surface area contributed by atoms with Crippen molar-refractivity contribution in [1.29, 1.82) is 5.41 Å². The summed E-state index contributed by atoms with van der Waals surface area (Å²) in [6.07, 6.45) is 0. The van der Waals surface area contributed by atoms with Gasteiger partial charge in [-0.25, -0.2) is 9.67 Å². The summed E-state index contributed by atoms with van der Waals surface area (Å²) in [6.45, 7) is 0. The molecule has 0 aliphatic rings. The van der Waals surface area contributed by atoms with E-state index < -0.39 is 0 Å². The number of nitrogens with one attached hydrogen (secondary N) is 1. The highest BCUT2D eigenvalue weighted by Crippen LogP contribution is 2.13. The molecule has 4 rings (SSSR count). The molecule has 0 aliphatic heterocycles. The Morgan fingerprint density at radius 2 is 1.71 bits per heavy atom. The molecule has 1 N–H and O–H groups in total. The van der Waals surface area contributed by atoms with E-state index in [0.29, 0.717) is 15.9 Å². The molecule has 0 saturated carbocycles. The van der Waals surface area contributed by atoms with Gasteiger partial charge in [-0.1, -0.05) is 41.7 Å². The van der Waals surface area contributed by atoms with Gasteiger partial charge in [0.2, 0.25) is 9.76 Å². The molecule has 2 aromatic carbocycles. The van der Waals surface area contributed by atoms with Gasteiger partial charge in [0, 0.05) is 0 Å². The zero-order valence-corrected chi connectivity index (χ0v) is 11.7. The highest BCUT2D eigenvalue weighted by molar-refractivity contribution is 7.14. The Morgan fingerprint density at radius 1 is 1.00 bits per heavy atom. The van der Waals surface area contributed by atoms with E-state index in [-0.39, 0.29) is 10.4 Å². The molecule has 0 saturated heterocycles. The van der Waals surface area contributed by atoms with Crippen LogP contribution in [0.1, 0.15) is 0 Å². The van der Waals surface area contributed by atoms with Gasteiger partial charge in [-0.3, -0.25) is 10.2 Å². The van der Waals surface area contributed by atoms with Crippen molar-refractivity contribution in [3.05, 3.63) is 69.8 Å². The van der Waals surface area contributed by atoms with Gasteiger partial charge in [0.15, 0.2) is 0 Å². The minimum atomic E-state index is -0.158. The Bertz CT molecular complexity index is 1080. The minimum absolute atomic E-state index is 0.158. The second-order valence-corrected chi connectivity index (χ2v) is 5.54. The normalized spacial score (nSPS) is 11.2. The molecule has 0 aliphatic carbocycles. The molecule has 0 radical (unpaired) electrons. The van der Waals surface area contributed by atoms with Gasteiger partial charge in [-0.15, -0.1) is 0 Å². The van der Waals surface area contributed by atoms with Crippen molar-refractivity contribution in [2.24, 2.45) is 0 Å². The number of fused-ring (bicyclic) bond motifs is 2. The summed E-state index contributed by atoms with van der Waals surface area (Å²) in [5.74, 6) is 0. The van der Waals surface area contributed by atoms with E-state index in [9.17, 15) is 4.79 Å². The highest BCUT2D eigenvalue weighted by atomic mass is 32.1. The minimum Gasteiger partial charge on any atom is -0.273 e. The number of nitrogens with zero attached hydrogens (tertiary/aromatic N) is 3. The SMILES string of the molecule is N=c1sc2nc3ccccc3c(=O)n2n1-c1ccccc1. The number of aromatic nitrogens is 3. The van der Waals surface area contributed by atoms with Crippen LogP contribution < -0.4 is 10.4 Å². The van der Waals surface area contributed by atoms with Crippen LogP contribution in [0.2, 0.25) is 0 Å². The Hall–Kier alpha value is -2.73. The van der Waals surface area contributed by atoms with Crippen LogP contribution in [0, 0.1) is 5.41 Å². The van der Waals surface area contributed by atoms with Gasteiger partial charge in [0.25, 0.3) is 5.56 Å². The molecule has 0 unspecified atom stereocenters. The zero-order chi connectivity index (χ0) is 14.4. The predicted octanol–water partition coefficient (Wildman–Crippen LogP) is 2.18. The third kappa shape index (κ3) is 1.73. The van der Waals surface area contributed by atoms with Crippen molar-refractivity contribution in [2.75, 3.05) is 0 Å². The molecule has 6 heteroatoms. The molecule has 0 amide bonds. The molecule has 2 aromatic heterocycles. The average Bonchev–Trinajstić information content (AvgIpc) is 2.85. The fraction of sp³-hybridized carbons (Fsp3) is 0. The van der Waals surface area contributed by atoms with E-state index in [1.165, 1.54) is 15.9 Å². The molecule has 0 spiro atoms. The smallest absolute Gasteiger partial charge is 0.273 e. The van der Waals surface area contributed by atoms with Gasteiger partial charge in [-0.05, 0) is 24.3 Å². The van der Waals surface area contributed by atoms with E-state index in [1.54, 1.807) is 10.7 Å². The molecular weight excluding hydrogens is 284 g/mol. The van der Waals surface area contributed by atoms with Crippen molar-refractivity contribution in [2.45, 2.75) is 0 Å². The number of hydrogen-bond acceptors (Lipinski definition) is 4. The lowest BCUT2D eigenvalue weighted by Crippen LogP contribution is -2.25. The summed E-state index contributed by atoms with van der Waals surface area (Å²) in [6, 6.07) is 16.6. The van der Waals surface area contributed by atoms with E-state index in [1.807, 2.05) is 48.5 Å². The van der Waals surface area contributed by atoms with Crippen LogP contribution in [0.5, 0.6) is 0 Å². The first kappa shape index (κ1) is 12.0. The van der Waals surface area contributed by atoms with E-state index in [0.717, 1.165) is 5.69 Å². The van der Waals surface area contributed by atoms with Gasteiger partial charge >= 0.3 is 0 Å². The van der Waals surface area contributed by atoms with Gasteiger partial charge in [-0.2, -0.15) is 4.52 Å². The standard InChI is InChI=1S/C15H10N4OS/c16-14-18(10-6-2-1-3-7-10)19-13(20)11-8-4-5-9-12(11)17-15(19)21-14/h1-9,16H. The summed E-state index contributed by atoms with van der Waals surface area (Å²) in [5.41, 5.74) is 1.27. The number of rotatable bonds is 1. The van der Waals surface area contributed by atoms with Crippen LogP contribution in [-0.2, 0) is 0 Å². The lowest BCUT2D eigenvalue weighted by atomic mass is 10.2. The molecule has 21 heavy (non-hydrogen) atoms. The molecular formula is C15H10N4OS. The van der Waals surface area contributed by atoms with Crippen LogP contribution in [0.25, 0.3) is 21.6 Å². The second-order valence-electron chi connectivity index (χ2n) is 4.58. The zero-order valence-electron chi connectivity index (χ0n) is 10.9. The molecule has 0 fully saturated rings. The van der Waals surface area contributed by atoms with Crippen molar-refractivity contribution in [3.63, 3.8) is 0 Å². The van der Waals surface area contributed by atoms with Gasteiger partial charge < -0.3 is 0 Å². The quantitative estimate of drug-likeness (QED) is 0.585. The van der Waals surface area contributed by atoms with Gasteiger partial charge in [0.1, 0.15) is 0 Å². The van der Waals surface area contributed by atoms with E-state index in [2.05, 4.69) is 4.98 Å². The van der Waals surface area contributed by atoms with Crippen LogP contribution in [0.4, 0.5) is 0 Å². The number of hydrogen-bond donors (Lipinski definition) is 1. The summed E-state index contributed by atoms with van der Waals surface area (Å²) >= 11 is 1.18. The van der Waals surface area contributed by atoms with Crippen LogP contribution >= 0.6 is 11.3 Å². The molecule has 2 heterocycles. The molecule has 4 aromatic rings. The fourth-order valence-electron chi connectivity index (χ4n) is 2.37. The molecule has 5 nitrogen and oxygen atoms in total. The molecule has 0 bridgehead atoms. The maximum absolute atomic E-state index is 12.7. The van der Waals surface area contributed by atoms with Crippen molar-refractivity contribution >= 4 is 27.2 Å². The average molecular weight is 294 g/mol. The molecule has 0 atom stereocenters. The monoisotopic (exact) mass is 294 g/mol. The lowest BCUT2D eigenvalue weighted by molar-refractivity contribution is 0.733. The van der Waals surface area contributed by atoms with Gasteiger partial charge in [0.05, 0.1) is 16.6 Å². The first-order valence-corrected chi connectivity index (χ1v) is 7.21. The fourth-order valence-corrected chi connectivity index (χ4v) is 3.21. The summed E-state index contributed by atoms with van der Waals surface area (Å²) in [4.78, 5) is 18.0. The van der Waals surface area contributed by atoms with Crippen LogP contribution in [-0.4, -0.2) is 14.2 Å². The maximum Gasteiger partial charge on any atom is 0.281 e. The van der Waals surface area contributed by atoms with Crippen LogP contribution in [0.15, 0.2) is 59.4 Å². The first-order valence-electron chi connectivity index (χ1n) is 6.39. The Kier molecular flexibility index (Phi) is 2.52. The van der Waals surface area contributed by atoms with Crippen molar-refractivity contribution < 1.29 is 0 Å². The second kappa shape index (κ2) is 4.39. The first-order chi connectivity index (χ1) is 10.3. The summed E-state index contributed by atoms with van der Waals surface area (Å²) in [5, 5.41) is 8.70. The van der Waals surface area contributed by atoms with Crippen molar-refractivity contribution in [1.82, 2.24) is 14.2 Å². The summed E-state index contributed by atoms with van der Waals surface area (Å²) in [7, 11) is 0. The third-order valence-corrected chi connectivity index (χ3v) is 4.12. The largest absolute Gasteiger partial charge is 0.281 e. The topological polar surface area (TPSA) is 63.1 Å². The molecule has 102 valence electrons. The Balaban J connectivity index is 2.23. The lowest BCUT2D eigenvalue weighted by Gasteiger charge is -2.05. The van der Waals surface area contributed by atoms with E-state index >= 15 is 0 Å². The third-order valence-electron chi connectivity index (χ3n) is 3.31. The Labute approximate surface area is 122 Å². The predicted molar refractivity (Wildman–Crippen MR) is 82.0 cm³/mol. The van der Waals surface area contributed by atoms with Crippen LogP contribution in [0.3, 0.4) is 0 Å². The number of benzene rings is 2. The highest BCUT2D eigenvalue weighted by Gasteiger charge is 2.12. The maximum atomic E-state index is 12.7. The summed E-state index contributed by atoms with van der Waals surface area (Å²) < 4.78 is 3.05.